The van der Waals surface area contributed by atoms with Crippen LogP contribution in [0.2, 0.25) is 5.02 Å². The highest BCUT2D eigenvalue weighted by atomic mass is 35.5. The molecule has 2 aromatic carbocycles. The van der Waals surface area contributed by atoms with Gasteiger partial charge in [-0.15, -0.1) is 0 Å². The maximum absolute atomic E-state index is 5.98. The highest BCUT2D eigenvalue weighted by Crippen LogP contribution is 2.35. The van der Waals surface area contributed by atoms with Crippen LogP contribution in [0.3, 0.4) is 0 Å². The summed E-state index contributed by atoms with van der Waals surface area (Å²) in [5, 5.41) is 1.87. The average molecular weight is 393 g/mol. The first-order valence-electron chi connectivity index (χ1n) is 9.82. The number of nitrogens with zero attached hydrogens (tertiary/aromatic N) is 2. The fourth-order valence-corrected chi connectivity index (χ4v) is 4.17. The number of fused-ring (bicyclic) bond motifs is 1. The molecule has 0 aliphatic heterocycles. The number of nitrogens with one attached hydrogen (secondary N) is 1. The van der Waals surface area contributed by atoms with E-state index in [-0.39, 0.29) is 6.04 Å². The SMILES string of the molecule is Cc1ccc2nc(C=Cc3ccc(Cl)cc3)nc([C@H]3CCCC[C@H]3NN)c2c1. The Morgan fingerprint density at radius 1 is 1.04 bits per heavy atom. The molecule has 28 heavy (non-hydrogen) atoms. The normalized spacial score (nSPS) is 20.1. The van der Waals surface area contributed by atoms with Gasteiger partial charge in [-0.3, -0.25) is 11.3 Å². The molecule has 4 rings (SSSR count). The molecule has 0 bridgehead atoms. The molecule has 0 unspecified atom stereocenters. The van der Waals surface area contributed by atoms with Gasteiger partial charge in [0.25, 0.3) is 0 Å². The van der Waals surface area contributed by atoms with Crippen molar-refractivity contribution in [1.82, 2.24) is 15.4 Å². The van der Waals surface area contributed by atoms with Crippen LogP contribution in [0.4, 0.5) is 0 Å². The van der Waals surface area contributed by atoms with Crippen molar-refractivity contribution in [1.29, 1.82) is 0 Å². The van der Waals surface area contributed by atoms with Crippen LogP contribution in [0.25, 0.3) is 23.1 Å². The van der Waals surface area contributed by atoms with Crippen molar-refractivity contribution in [2.24, 2.45) is 5.84 Å². The zero-order valence-corrected chi connectivity index (χ0v) is 16.8. The van der Waals surface area contributed by atoms with Gasteiger partial charge in [0.2, 0.25) is 0 Å². The number of hydrogen-bond acceptors (Lipinski definition) is 4. The molecule has 3 N–H and O–H groups in total. The Morgan fingerprint density at radius 2 is 1.82 bits per heavy atom. The second kappa shape index (κ2) is 8.39. The molecule has 0 amide bonds. The van der Waals surface area contributed by atoms with Gasteiger partial charge in [-0.2, -0.15) is 0 Å². The minimum absolute atomic E-state index is 0.250. The Labute approximate surface area is 170 Å². The molecule has 0 radical (unpaired) electrons. The van der Waals surface area contributed by atoms with Crippen molar-refractivity contribution < 1.29 is 0 Å². The Kier molecular flexibility index (Phi) is 5.72. The second-order valence-electron chi connectivity index (χ2n) is 7.54. The van der Waals surface area contributed by atoms with Gasteiger partial charge in [-0.1, -0.05) is 54.3 Å². The van der Waals surface area contributed by atoms with E-state index in [9.17, 15) is 0 Å². The van der Waals surface area contributed by atoms with Crippen LogP contribution in [0, 0.1) is 6.92 Å². The number of aryl methyl sites for hydroxylation is 1. The summed E-state index contributed by atoms with van der Waals surface area (Å²) in [6.45, 7) is 2.11. The fraction of sp³-hybridized carbons (Fsp3) is 0.304. The lowest BCUT2D eigenvalue weighted by molar-refractivity contribution is 0.328. The molecule has 1 aliphatic carbocycles. The fourth-order valence-electron chi connectivity index (χ4n) is 4.04. The molecule has 2 atom stereocenters. The van der Waals surface area contributed by atoms with Crippen LogP contribution in [-0.2, 0) is 0 Å². The number of hydrogen-bond donors (Lipinski definition) is 2. The number of aromatic nitrogens is 2. The summed E-state index contributed by atoms with van der Waals surface area (Å²) < 4.78 is 0. The molecule has 1 heterocycles. The van der Waals surface area contributed by atoms with Crippen LogP contribution >= 0.6 is 11.6 Å². The van der Waals surface area contributed by atoms with E-state index in [2.05, 4.69) is 30.5 Å². The van der Waals surface area contributed by atoms with E-state index in [1.165, 1.54) is 18.4 Å². The molecule has 1 aromatic heterocycles. The van der Waals surface area contributed by atoms with Crippen LogP contribution in [0.1, 0.15) is 54.2 Å². The van der Waals surface area contributed by atoms with Gasteiger partial charge in [0.05, 0.1) is 11.2 Å². The second-order valence-corrected chi connectivity index (χ2v) is 7.97. The highest BCUT2D eigenvalue weighted by molar-refractivity contribution is 6.30. The predicted octanol–water partition coefficient (Wildman–Crippen LogP) is 5.25. The summed E-state index contributed by atoms with van der Waals surface area (Å²) in [4.78, 5) is 9.76. The zero-order valence-electron chi connectivity index (χ0n) is 16.0. The Hall–Kier alpha value is -2.27. The molecule has 4 nitrogen and oxygen atoms in total. The lowest BCUT2D eigenvalue weighted by Crippen LogP contribution is -2.41. The third-order valence-corrected chi connectivity index (χ3v) is 5.78. The van der Waals surface area contributed by atoms with Crippen LogP contribution in [-0.4, -0.2) is 16.0 Å². The Balaban J connectivity index is 1.78. The Morgan fingerprint density at radius 3 is 2.61 bits per heavy atom. The smallest absolute Gasteiger partial charge is 0.152 e. The van der Waals surface area contributed by atoms with Crippen molar-refractivity contribution >= 4 is 34.7 Å². The number of nitrogens with two attached hydrogens (primary N) is 1. The molecule has 1 fully saturated rings. The van der Waals surface area contributed by atoms with Crippen molar-refractivity contribution in [3.05, 3.63) is 70.1 Å². The third kappa shape index (κ3) is 4.09. The standard InChI is InChI=1S/C23H25ClN4/c1-15-6-12-20-19(14-15)23(18-4-2-3-5-21(18)28-25)27-22(26-20)13-9-16-7-10-17(24)11-8-16/h6-14,18,21,28H,2-5,25H2,1H3/t18-,21+/m0/s1. The van der Waals surface area contributed by atoms with E-state index in [0.29, 0.717) is 5.92 Å². The summed E-state index contributed by atoms with van der Waals surface area (Å²) in [7, 11) is 0. The van der Waals surface area contributed by atoms with Gasteiger partial charge < -0.3 is 0 Å². The van der Waals surface area contributed by atoms with E-state index in [1.807, 2.05) is 36.4 Å². The van der Waals surface area contributed by atoms with Gasteiger partial charge in [0, 0.05) is 22.4 Å². The summed E-state index contributed by atoms with van der Waals surface area (Å²) >= 11 is 5.98. The maximum atomic E-state index is 5.98. The Bertz CT molecular complexity index is 997. The molecule has 0 saturated heterocycles. The lowest BCUT2D eigenvalue weighted by Gasteiger charge is -2.31. The highest BCUT2D eigenvalue weighted by Gasteiger charge is 2.28. The molecule has 5 heteroatoms. The van der Waals surface area contributed by atoms with Crippen LogP contribution in [0.15, 0.2) is 42.5 Å². The molecule has 0 spiro atoms. The summed E-state index contributed by atoms with van der Waals surface area (Å²) in [6, 6.07) is 14.4. The van der Waals surface area contributed by atoms with Gasteiger partial charge in [-0.25, -0.2) is 9.97 Å². The first-order valence-corrected chi connectivity index (χ1v) is 10.2. The number of benzene rings is 2. The predicted molar refractivity (Wildman–Crippen MR) is 117 cm³/mol. The first-order chi connectivity index (χ1) is 13.6. The maximum Gasteiger partial charge on any atom is 0.152 e. The minimum Gasteiger partial charge on any atom is -0.271 e. The van der Waals surface area contributed by atoms with Crippen LogP contribution < -0.4 is 11.3 Å². The van der Waals surface area contributed by atoms with E-state index >= 15 is 0 Å². The van der Waals surface area contributed by atoms with Gasteiger partial charge in [0.15, 0.2) is 5.82 Å². The van der Waals surface area contributed by atoms with Crippen molar-refractivity contribution in [3.63, 3.8) is 0 Å². The number of hydrazine groups is 1. The number of rotatable bonds is 4. The van der Waals surface area contributed by atoms with Crippen LogP contribution in [0.5, 0.6) is 0 Å². The molecule has 1 saturated carbocycles. The molecule has 1 aliphatic rings. The summed E-state index contributed by atoms with van der Waals surface area (Å²) in [5.74, 6) is 6.90. The molecular weight excluding hydrogens is 368 g/mol. The van der Waals surface area contributed by atoms with Crippen molar-refractivity contribution in [2.45, 2.75) is 44.6 Å². The quantitative estimate of drug-likeness (QED) is 0.470. The minimum atomic E-state index is 0.250. The molecular formula is C23H25ClN4. The van der Waals surface area contributed by atoms with Crippen molar-refractivity contribution in [3.8, 4) is 0 Å². The topological polar surface area (TPSA) is 63.8 Å². The van der Waals surface area contributed by atoms with E-state index in [0.717, 1.165) is 45.8 Å². The van der Waals surface area contributed by atoms with Gasteiger partial charge in [0.1, 0.15) is 0 Å². The summed E-state index contributed by atoms with van der Waals surface area (Å²) in [5.41, 5.74) is 7.39. The van der Waals surface area contributed by atoms with Gasteiger partial charge >= 0.3 is 0 Å². The molecule has 144 valence electrons. The first kappa shape index (κ1) is 19.1. The van der Waals surface area contributed by atoms with E-state index < -0.39 is 0 Å². The largest absolute Gasteiger partial charge is 0.271 e. The zero-order chi connectivity index (χ0) is 19.5. The van der Waals surface area contributed by atoms with Gasteiger partial charge in [-0.05, 0) is 55.7 Å². The summed E-state index contributed by atoms with van der Waals surface area (Å²) in [6.07, 6.45) is 8.57. The average Bonchev–Trinajstić information content (AvgIpc) is 2.73. The lowest BCUT2D eigenvalue weighted by atomic mass is 9.81. The molecule has 3 aromatic rings. The van der Waals surface area contributed by atoms with Crippen molar-refractivity contribution in [2.75, 3.05) is 0 Å². The monoisotopic (exact) mass is 392 g/mol. The third-order valence-electron chi connectivity index (χ3n) is 5.52. The van der Waals surface area contributed by atoms with E-state index in [1.54, 1.807) is 0 Å². The van der Waals surface area contributed by atoms with E-state index in [4.69, 9.17) is 27.4 Å². The number of halogens is 1.